The number of nitrogens with one attached hydrogen (secondary N) is 2. The Hall–Kier alpha value is -0.480. The van der Waals surface area contributed by atoms with Gasteiger partial charge in [-0.2, -0.15) is 11.8 Å². The Kier molecular flexibility index (Phi) is 4.18. The van der Waals surface area contributed by atoms with E-state index >= 15 is 0 Å². The summed E-state index contributed by atoms with van der Waals surface area (Å²) in [6.45, 7) is 4.13. The van der Waals surface area contributed by atoms with Crippen LogP contribution in [0.2, 0.25) is 0 Å². The van der Waals surface area contributed by atoms with Crippen LogP contribution >= 0.6 is 11.8 Å². The van der Waals surface area contributed by atoms with Crippen molar-refractivity contribution in [2.24, 2.45) is 0 Å². The summed E-state index contributed by atoms with van der Waals surface area (Å²) < 4.78 is 0. The van der Waals surface area contributed by atoms with Crippen LogP contribution < -0.4 is 5.32 Å². The van der Waals surface area contributed by atoms with E-state index in [1.165, 1.54) is 0 Å². The normalized spacial score (nSPS) is 13.2. The number of hydrogen-bond acceptors (Lipinski definition) is 3. The molecular formula is C8H15N3S. The van der Waals surface area contributed by atoms with Gasteiger partial charge in [-0.05, 0) is 6.26 Å². The van der Waals surface area contributed by atoms with Crippen molar-refractivity contribution < 1.29 is 0 Å². The maximum atomic E-state index is 3.94. The van der Waals surface area contributed by atoms with Crippen molar-refractivity contribution >= 4 is 11.8 Å². The first-order valence-electron chi connectivity index (χ1n) is 4.03. The fourth-order valence-electron chi connectivity index (χ4n) is 0.875. The average molecular weight is 185 g/mol. The molecule has 1 rings (SSSR count). The molecule has 0 saturated carbocycles. The number of nitrogens with zero attached hydrogens (tertiary/aromatic N) is 1. The number of aromatic amines is 1. The number of imidazole rings is 1. The minimum atomic E-state index is 0.674. The predicted molar refractivity (Wildman–Crippen MR) is 53.3 cm³/mol. The highest BCUT2D eigenvalue weighted by atomic mass is 32.2. The van der Waals surface area contributed by atoms with Gasteiger partial charge in [0.25, 0.3) is 0 Å². The molecule has 0 aliphatic rings. The molecule has 1 aromatic heterocycles. The van der Waals surface area contributed by atoms with Crippen molar-refractivity contribution in [2.45, 2.75) is 18.7 Å². The Bertz CT molecular complexity index is 198. The molecular weight excluding hydrogens is 170 g/mol. The monoisotopic (exact) mass is 185 g/mol. The number of thioether (sulfide) groups is 1. The molecule has 0 aliphatic carbocycles. The van der Waals surface area contributed by atoms with Crippen LogP contribution in [0.3, 0.4) is 0 Å². The van der Waals surface area contributed by atoms with Crippen LogP contribution in [0.25, 0.3) is 0 Å². The highest BCUT2D eigenvalue weighted by Crippen LogP contribution is 2.02. The molecule has 1 aromatic rings. The Morgan fingerprint density at radius 2 is 2.58 bits per heavy atom. The highest BCUT2D eigenvalue weighted by Gasteiger charge is 1.98. The van der Waals surface area contributed by atoms with E-state index in [0.29, 0.717) is 5.25 Å². The Balaban J connectivity index is 2.11. The molecule has 0 radical (unpaired) electrons. The summed E-state index contributed by atoms with van der Waals surface area (Å²) in [5.41, 5.74) is 1.14. The first kappa shape index (κ1) is 9.61. The molecule has 0 amide bonds. The summed E-state index contributed by atoms with van der Waals surface area (Å²) in [4.78, 5) is 6.99. The van der Waals surface area contributed by atoms with Crippen molar-refractivity contribution in [3.05, 3.63) is 18.2 Å². The van der Waals surface area contributed by atoms with Crippen LogP contribution in [0.5, 0.6) is 0 Å². The van der Waals surface area contributed by atoms with E-state index in [-0.39, 0.29) is 0 Å². The number of rotatable bonds is 5. The molecule has 2 N–H and O–H groups in total. The molecule has 3 nitrogen and oxygen atoms in total. The second kappa shape index (κ2) is 5.22. The van der Waals surface area contributed by atoms with E-state index in [9.17, 15) is 0 Å². The first-order chi connectivity index (χ1) is 5.83. The zero-order valence-corrected chi connectivity index (χ0v) is 8.32. The Morgan fingerprint density at radius 3 is 3.17 bits per heavy atom. The fraction of sp³-hybridized carbons (Fsp3) is 0.625. The van der Waals surface area contributed by atoms with Gasteiger partial charge in [0.05, 0.1) is 6.33 Å². The molecule has 1 unspecified atom stereocenters. The van der Waals surface area contributed by atoms with Crippen LogP contribution in [0.4, 0.5) is 0 Å². The molecule has 1 heterocycles. The Morgan fingerprint density at radius 1 is 1.75 bits per heavy atom. The van der Waals surface area contributed by atoms with Gasteiger partial charge in [0, 0.05) is 30.2 Å². The summed E-state index contributed by atoms with van der Waals surface area (Å²) in [5, 5.41) is 4.02. The lowest BCUT2D eigenvalue weighted by atomic mass is 10.4. The van der Waals surface area contributed by atoms with E-state index < -0.39 is 0 Å². The van der Waals surface area contributed by atoms with Crippen molar-refractivity contribution in [3.8, 4) is 0 Å². The third-order valence-corrected chi connectivity index (χ3v) is 2.68. The van der Waals surface area contributed by atoms with Gasteiger partial charge in [0.15, 0.2) is 0 Å². The maximum absolute atomic E-state index is 3.94. The van der Waals surface area contributed by atoms with Crippen LogP contribution in [-0.4, -0.2) is 28.0 Å². The average Bonchev–Trinajstić information content (AvgIpc) is 2.57. The van der Waals surface area contributed by atoms with E-state index in [2.05, 4.69) is 28.5 Å². The summed E-state index contributed by atoms with van der Waals surface area (Å²) in [6.07, 6.45) is 5.67. The van der Waals surface area contributed by atoms with Crippen molar-refractivity contribution in [3.63, 3.8) is 0 Å². The number of hydrogen-bond donors (Lipinski definition) is 2. The van der Waals surface area contributed by atoms with E-state index in [4.69, 9.17) is 0 Å². The highest BCUT2D eigenvalue weighted by molar-refractivity contribution is 7.99. The number of aromatic nitrogens is 2. The van der Waals surface area contributed by atoms with Crippen molar-refractivity contribution in [1.29, 1.82) is 0 Å². The van der Waals surface area contributed by atoms with Crippen LogP contribution in [0.15, 0.2) is 12.5 Å². The van der Waals surface area contributed by atoms with E-state index in [1.54, 1.807) is 6.33 Å². The molecule has 12 heavy (non-hydrogen) atoms. The third-order valence-electron chi connectivity index (χ3n) is 1.70. The number of H-pyrrole nitrogens is 1. The topological polar surface area (TPSA) is 40.7 Å². The van der Waals surface area contributed by atoms with Crippen LogP contribution in [-0.2, 0) is 6.54 Å². The molecule has 4 heteroatoms. The molecule has 0 bridgehead atoms. The van der Waals surface area contributed by atoms with Gasteiger partial charge in [-0.1, -0.05) is 6.92 Å². The fourth-order valence-corrected chi connectivity index (χ4v) is 1.16. The summed E-state index contributed by atoms with van der Waals surface area (Å²) in [5.74, 6) is 0. The lowest BCUT2D eigenvalue weighted by Crippen LogP contribution is -2.22. The molecule has 0 aromatic carbocycles. The summed E-state index contributed by atoms with van der Waals surface area (Å²) in [6, 6.07) is 0. The van der Waals surface area contributed by atoms with E-state index in [1.807, 2.05) is 18.0 Å². The quantitative estimate of drug-likeness (QED) is 0.725. The summed E-state index contributed by atoms with van der Waals surface area (Å²) in [7, 11) is 0. The lowest BCUT2D eigenvalue weighted by molar-refractivity contribution is 0.675. The minimum absolute atomic E-state index is 0.674. The van der Waals surface area contributed by atoms with Crippen LogP contribution in [0.1, 0.15) is 12.6 Å². The summed E-state index contributed by atoms with van der Waals surface area (Å²) >= 11 is 1.87. The lowest BCUT2D eigenvalue weighted by Gasteiger charge is -2.08. The van der Waals surface area contributed by atoms with Gasteiger partial charge in [0.2, 0.25) is 0 Å². The second-order valence-electron chi connectivity index (χ2n) is 2.75. The molecule has 0 fully saturated rings. The zero-order chi connectivity index (χ0) is 8.81. The Labute approximate surface area is 77.4 Å². The van der Waals surface area contributed by atoms with Gasteiger partial charge in [-0.15, -0.1) is 0 Å². The standard InChI is InChI=1S/C8H15N3S/c1-7(12-2)3-9-4-8-5-10-6-11-8/h5-7,9H,3-4H2,1-2H3,(H,10,11). The first-order valence-corrected chi connectivity index (χ1v) is 5.32. The predicted octanol–water partition coefficient (Wildman–Crippen LogP) is 1.25. The van der Waals surface area contributed by atoms with Crippen molar-refractivity contribution in [1.82, 2.24) is 15.3 Å². The second-order valence-corrected chi connectivity index (χ2v) is 4.03. The molecule has 1 atom stereocenters. The minimum Gasteiger partial charge on any atom is -0.347 e. The van der Waals surface area contributed by atoms with Gasteiger partial charge in [0.1, 0.15) is 0 Å². The zero-order valence-electron chi connectivity index (χ0n) is 7.50. The van der Waals surface area contributed by atoms with Gasteiger partial charge < -0.3 is 10.3 Å². The van der Waals surface area contributed by atoms with E-state index in [0.717, 1.165) is 18.8 Å². The molecule has 68 valence electrons. The molecule has 0 aliphatic heterocycles. The largest absolute Gasteiger partial charge is 0.347 e. The SMILES string of the molecule is CSC(C)CNCc1cnc[nH]1. The van der Waals surface area contributed by atoms with Crippen LogP contribution in [0, 0.1) is 0 Å². The maximum Gasteiger partial charge on any atom is 0.0922 e. The third kappa shape index (κ3) is 3.28. The smallest absolute Gasteiger partial charge is 0.0922 e. The molecule has 0 spiro atoms. The van der Waals surface area contributed by atoms with Crippen molar-refractivity contribution in [2.75, 3.05) is 12.8 Å². The van der Waals surface area contributed by atoms with Gasteiger partial charge >= 0.3 is 0 Å². The molecule has 0 saturated heterocycles. The van der Waals surface area contributed by atoms with Gasteiger partial charge in [-0.3, -0.25) is 0 Å². The van der Waals surface area contributed by atoms with Gasteiger partial charge in [-0.25, -0.2) is 4.98 Å².